The van der Waals surface area contributed by atoms with Crippen LogP contribution in [-0.4, -0.2) is 37.6 Å². The van der Waals surface area contributed by atoms with Gasteiger partial charge in [-0.25, -0.2) is 0 Å². The number of hydrogen-bond donors (Lipinski definition) is 1. The van der Waals surface area contributed by atoms with Gasteiger partial charge in [-0.3, -0.25) is 4.90 Å². The fourth-order valence-electron chi connectivity index (χ4n) is 1.90. The van der Waals surface area contributed by atoms with Crippen molar-refractivity contribution in [3.05, 3.63) is 11.1 Å². The van der Waals surface area contributed by atoms with Crippen molar-refractivity contribution in [3.63, 3.8) is 0 Å². The number of nitrogens with zero attached hydrogens (tertiary/aromatic N) is 1. The summed E-state index contributed by atoms with van der Waals surface area (Å²) in [6, 6.07) is 0. The summed E-state index contributed by atoms with van der Waals surface area (Å²) in [5, 5.41) is 3.30. The van der Waals surface area contributed by atoms with Crippen LogP contribution >= 0.6 is 0 Å². The average Bonchev–Trinajstić information content (AvgIpc) is 2.01. The molecule has 1 aliphatic rings. The van der Waals surface area contributed by atoms with Gasteiger partial charge in [0.25, 0.3) is 0 Å². The first-order chi connectivity index (χ1) is 6.77. The van der Waals surface area contributed by atoms with E-state index in [4.69, 9.17) is 0 Å². The van der Waals surface area contributed by atoms with Crippen LogP contribution in [0, 0.1) is 0 Å². The van der Waals surface area contributed by atoms with E-state index in [9.17, 15) is 0 Å². The fraction of sp³-hybridized carbons (Fsp3) is 0.833. The molecule has 82 valence electrons. The quantitative estimate of drug-likeness (QED) is 0.654. The molecular formula is C12H24N2. The van der Waals surface area contributed by atoms with Crippen LogP contribution in [0.25, 0.3) is 0 Å². The van der Waals surface area contributed by atoms with E-state index < -0.39 is 0 Å². The normalized spacial score (nSPS) is 15.9. The van der Waals surface area contributed by atoms with Crippen LogP contribution < -0.4 is 5.32 Å². The molecule has 1 heterocycles. The second kappa shape index (κ2) is 6.20. The molecule has 1 N–H and O–H groups in total. The van der Waals surface area contributed by atoms with Gasteiger partial charge in [0.15, 0.2) is 0 Å². The number of hydrogen-bond acceptors (Lipinski definition) is 2. The van der Waals surface area contributed by atoms with Crippen molar-refractivity contribution in [1.82, 2.24) is 10.2 Å². The van der Waals surface area contributed by atoms with Gasteiger partial charge in [-0.1, -0.05) is 19.4 Å². The zero-order chi connectivity index (χ0) is 10.4. The SMILES string of the molecule is CCCN(CCC)CC(C)=C1CNC1. The highest BCUT2D eigenvalue weighted by Gasteiger charge is 2.12. The lowest BCUT2D eigenvalue weighted by Crippen LogP contribution is -2.37. The van der Waals surface area contributed by atoms with E-state index in [2.05, 4.69) is 31.0 Å². The maximum Gasteiger partial charge on any atom is 0.0193 e. The molecule has 14 heavy (non-hydrogen) atoms. The van der Waals surface area contributed by atoms with Gasteiger partial charge in [-0.05, 0) is 38.4 Å². The zero-order valence-corrected chi connectivity index (χ0v) is 9.90. The summed E-state index contributed by atoms with van der Waals surface area (Å²) in [7, 11) is 0. The Kier molecular flexibility index (Phi) is 5.20. The Morgan fingerprint density at radius 2 is 1.79 bits per heavy atom. The molecule has 1 rings (SSSR count). The van der Waals surface area contributed by atoms with E-state index >= 15 is 0 Å². The first-order valence-electron chi connectivity index (χ1n) is 5.88. The van der Waals surface area contributed by atoms with Crippen LogP contribution in [0.15, 0.2) is 11.1 Å². The Morgan fingerprint density at radius 1 is 1.21 bits per heavy atom. The highest BCUT2D eigenvalue weighted by Crippen LogP contribution is 2.10. The molecule has 0 aromatic heterocycles. The Hall–Kier alpha value is -0.340. The molecular weight excluding hydrogens is 172 g/mol. The minimum absolute atomic E-state index is 1.12. The third-order valence-corrected chi connectivity index (χ3v) is 2.82. The summed E-state index contributed by atoms with van der Waals surface area (Å²) in [4.78, 5) is 2.57. The molecule has 0 saturated carbocycles. The van der Waals surface area contributed by atoms with Crippen LogP contribution in [0.2, 0.25) is 0 Å². The molecule has 0 aromatic carbocycles. The van der Waals surface area contributed by atoms with E-state index in [1.165, 1.54) is 32.5 Å². The molecule has 0 spiro atoms. The first-order valence-corrected chi connectivity index (χ1v) is 5.88. The van der Waals surface area contributed by atoms with Gasteiger partial charge in [0, 0.05) is 19.6 Å². The third-order valence-electron chi connectivity index (χ3n) is 2.82. The molecule has 0 bridgehead atoms. The minimum Gasteiger partial charge on any atom is -0.309 e. The molecule has 0 amide bonds. The van der Waals surface area contributed by atoms with Crippen molar-refractivity contribution in [2.75, 3.05) is 32.7 Å². The number of nitrogens with one attached hydrogen (secondary N) is 1. The van der Waals surface area contributed by atoms with Crippen LogP contribution in [0.4, 0.5) is 0 Å². The molecule has 1 saturated heterocycles. The van der Waals surface area contributed by atoms with Crippen molar-refractivity contribution in [3.8, 4) is 0 Å². The highest BCUT2D eigenvalue weighted by atomic mass is 15.1. The summed E-state index contributed by atoms with van der Waals surface area (Å²) in [6.07, 6.45) is 2.53. The third kappa shape index (κ3) is 3.43. The van der Waals surface area contributed by atoms with E-state index in [1.54, 1.807) is 11.1 Å². The Bertz CT molecular complexity index is 184. The second-order valence-corrected chi connectivity index (χ2v) is 4.26. The van der Waals surface area contributed by atoms with Crippen molar-refractivity contribution >= 4 is 0 Å². The van der Waals surface area contributed by atoms with E-state index in [0.29, 0.717) is 0 Å². The van der Waals surface area contributed by atoms with Gasteiger partial charge >= 0.3 is 0 Å². The number of rotatable bonds is 6. The summed E-state index contributed by atoms with van der Waals surface area (Å²) < 4.78 is 0. The molecule has 1 aliphatic heterocycles. The molecule has 1 fully saturated rings. The highest BCUT2D eigenvalue weighted by molar-refractivity contribution is 5.22. The topological polar surface area (TPSA) is 15.3 Å². The maximum atomic E-state index is 3.30. The standard InChI is InChI=1S/C12H24N2/c1-4-6-14(7-5-2)10-11(3)12-8-13-9-12/h13H,4-10H2,1-3H3. The average molecular weight is 196 g/mol. The lowest BCUT2D eigenvalue weighted by atomic mass is 10.0. The molecule has 0 atom stereocenters. The van der Waals surface area contributed by atoms with Crippen molar-refractivity contribution in [1.29, 1.82) is 0 Å². The minimum atomic E-state index is 1.12. The molecule has 2 heteroatoms. The lowest BCUT2D eigenvalue weighted by molar-refractivity contribution is 0.295. The van der Waals surface area contributed by atoms with Crippen LogP contribution in [-0.2, 0) is 0 Å². The molecule has 0 radical (unpaired) electrons. The van der Waals surface area contributed by atoms with Gasteiger partial charge < -0.3 is 5.32 Å². The van der Waals surface area contributed by atoms with Crippen LogP contribution in [0.1, 0.15) is 33.6 Å². The van der Waals surface area contributed by atoms with Crippen LogP contribution in [0.5, 0.6) is 0 Å². The predicted molar refractivity (Wildman–Crippen MR) is 62.6 cm³/mol. The Morgan fingerprint density at radius 3 is 2.14 bits per heavy atom. The lowest BCUT2D eigenvalue weighted by Gasteiger charge is -2.27. The molecule has 0 aromatic rings. The van der Waals surface area contributed by atoms with Gasteiger partial charge in [-0.15, -0.1) is 0 Å². The zero-order valence-electron chi connectivity index (χ0n) is 9.90. The fourth-order valence-corrected chi connectivity index (χ4v) is 1.90. The summed E-state index contributed by atoms with van der Waals surface area (Å²) >= 11 is 0. The van der Waals surface area contributed by atoms with Crippen molar-refractivity contribution in [2.45, 2.75) is 33.6 Å². The molecule has 2 nitrogen and oxygen atoms in total. The predicted octanol–water partition coefficient (Wildman–Crippen LogP) is 2.03. The van der Waals surface area contributed by atoms with Gasteiger partial charge in [0.05, 0.1) is 0 Å². The molecule has 0 aliphatic carbocycles. The van der Waals surface area contributed by atoms with E-state index in [-0.39, 0.29) is 0 Å². The summed E-state index contributed by atoms with van der Waals surface area (Å²) in [5.41, 5.74) is 3.22. The first kappa shape index (κ1) is 11.7. The Labute approximate surface area is 88.4 Å². The van der Waals surface area contributed by atoms with Gasteiger partial charge in [0.2, 0.25) is 0 Å². The molecule has 0 unspecified atom stereocenters. The monoisotopic (exact) mass is 196 g/mol. The summed E-state index contributed by atoms with van der Waals surface area (Å²) in [6.45, 7) is 12.7. The Balaban J connectivity index is 2.37. The summed E-state index contributed by atoms with van der Waals surface area (Å²) in [5.74, 6) is 0. The van der Waals surface area contributed by atoms with E-state index in [0.717, 1.165) is 13.1 Å². The second-order valence-electron chi connectivity index (χ2n) is 4.26. The largest absolute Gasteiger partial charge is 0.309 e. The van der Waals surface area contributed by atoms with Crippen molar-refractivity contribution < 1.29 is 0 Å². The smallest absolute Gasteiger partial charge is 0.0193 e. The maximum absolute atomic E-state index is 3.30. The van der Waals surface area contributed by atoms with Crippen LogP contribution in [0.3, 0.4) is 0 Å². The van der Waals surface area contributed by atoms with Gasteiger partial charge in [-0.2, -0.15) is 0 Å². The van der Waals surface area contributed by atoms with Crippen molar-refractivity contribution in [2.24, 2.45) is 0 Å². The van der Waals surface area contributed by atoms with Gasteiger partial charge in [0.1, 0.15) is 0 Å². The van der Waals surface area contributed by atoms with E-state index in [1.807, 2.05) is 0 Å².